The number of nitrogens with zero attached hydrogens (tertiary/aromatic N) is 3. The van der Waals surface area contributed by atoms with E-state index in [1.807, 2.05) is 0 Å². The first-order chi connectivity index (χ1) is 16.7. The minimum Gasteiger partial charge on any atom is -0.485 e. The van der Waals surface area contributed by atoms with E-state index in [2.05, 4.69) is 20.3 Å². The van der Waals surface area contributed by atoms with Crippen molar-refractivity contribution in [3.63, 3.8) is 0 Å². The van der Waals surface area contributed by atoms with Crippen LogP contribution >= 0.6 is 0 Å². The number of sulfone groups is 1. The molecule has 10 heteroatoms. The van der Waals surface area contributed by atoms with Crippen LogP contribution in [0.5, 0.6) is 5.75 Å². The summed E-state index contributed by atoms with van der Waals surface area (Å²) in [5.74, 6) is -0.267. The number of benzene rings is 3. The molecule has 1 heterocycles. The first kappa shape index (κ1) is 24.2. The van der Waals surface area contributed by atoms with Gasteiger partial charge in [-0.15, -0.1) is 0 Å². The smallest absolute Gasteiger partial charge is 0.230 e. The lowest BCUT2D eigenvalue weighted by molar-refractivity contribution is 0.227. The average Bonchev–Trinajstić information content (AvgIpc) is 2.79. The summed E-state index contributed by atoms with van der Waals surface area (Å²) in [4.78, 5) is 12.8. The lowest BCUT2D eigenvalue weighted by Gasteiger charge is -2.18. The van der Waals surface area contributed by atoms with E-state index in [9.17, 15) is 17.2 Å². The molecular formula is C25H22F2N4O3S. The fraction of sp³-hybridized carbons (Fsp3) is 0.160. The van der Waals surface area contributed by atoms with E-state index in [-0.39, 0.29) is 29.1 Å². The fourth-order valence-electron chi connectivity index (χ4n) is 3.43. The highest BCUT2D eigenvalue weighted by molar-refractivity contribution is 7.89. The first-order valence-electron chi connectivity index (χ1n) is 10.6. The maximum atomic E-state index is 14.1. The van der Waals surface area contributed by atoms with Gasteiger partial charge in [-0.3, -0.25) is 0 Å². The SMILES string of the molecule is C[C@@H](Oc1cc(F)ccc1-c1ncnc(Nc2cccc(CS(C)(=O)=O)c2)n1)c1ccc(F)cc1. The Morgan fingerprint density at radius 3 is 2.46 bits per heavy atom. The minimum absolute atomic E-state index is 0.0898. The van der Waals surface area contributed by atoms with Crippen molar-refractivity contribution in [2.45, 2.75) is 18.8 Å². The van der Waals surface area contributed by atoms with Gasteiger partial charge in [-0.05, 0) is 54.4 Å². The van der Waals surface area contributed by atoms with Gasteiger partial charge < -0.3 is 10.1 Å². The van der Waals surface area contributed by atoms with Crippen molar-refractivity contribution in [3.8, 4) is 17.1 Å². The molecule has 0 radical (unpaired) electrons. The number of ether oxygens (including phenoxy) is 1. The summed E-state index contributed by atoms with van der Waals surface area (Å²) in [6.07, 6.45) is 1.99. The van der Waals surface area contributed by atoms with E-state index in [4.69, 9.17) is 4.74 Å². The van der Waals surface area contributed by atoms with E-state index < -0.39 is 21.8 Å². The topological polar surface area (TPSA) is 94.1 Å². The zero-order valence-corrected chi connectivity index (χ0v) is 19.8. The normalized spacial score (nSPS) is 12.2. The summed E-state index contributed by atoms with van der Waals surface area (Å²) in [5.41, 5.74) is 2.38. The highest BCUT2D eigenvalue weighted by Crippen LogP contribution is 2.32. The van der Waals surface area contributed by atoms with Crippen LogP contribution < -0.4 is 10.1 Å². The first-order valence-corrected chi connectivity index (χ1v) is 12.7. The molecule has 0 spiro atoms. The zero-order chi connectivity index (χ0) is 25.0. The van der Waals surface area contributed by atoms with E-state index >= 15 is 0 Å². The Bertz CT molecular complexity index is 1450. The predicted molar refractivity (Wildman–Crippen MR) is 129 cm³/mol. The zero-order valence-electron chi connectivity index (χ0n) is 18.9. The van der Waals surface area contributed by atoms with Crippen LogP contribution in [0.15, 0.2) is 73.1 Å². The van der Waals surface area contributed by atoms with Gasteiger partial charge in [0, 0.05) is 18.0 Å². The highest BCUT2D eigenvalue weighted by Gasteiger charge is 2.16. The van der Waals surface area contributed by atoms with Gasteiger partial charge >= 0.3 is 0 Å². The van der Waals surface area contributed by atoms with Gasteiger partial charge in [0.05, 0.1) is 11.3 Å². The molecule has 180 valence electrons. The monoisotopic (exact) mass is 496 g/mol. The average molecular weight is 497 g/mol. The Morgan fingerprint density at radius 2 is 1.71 bits per heavy atom. The second-order valence-corrected chi connectivity index (χ2v) is 10.1. The molecule has 0 amide bonds. The molecule has 0 aliphatic rings. The summed E-state index contributed by atoms with van der Waals surface area (Å²) < 4.78 is 56.5. The van der Waals surface area contributed by atoms with Crippen LogP contribution in [-0.2, 0) is 15.6 Å². The third kappa shape index (κ3) is 6.57. The molecule has 1 atom stereocenters. The molecule has 0 saturated carbocycles. The van der Waals surface area contributed by atoms with Gasteiger partial charge in [0.15, 0.2) is 15.7 Å². The molecule has 4 rings (SSSR count). The number of hydrogen-bond donors (Lipinski definition) is 1. The van der Waals surface area contributed by atoms with Crippen molar-refractivity contribution in [1.82, 2.24) is 15.0 Å². The van der Waals surface area contributed by atoms with Crippen LogP contribution in [0, 0.1) is 11.6 Å². The molecule has 35 heavy (non-hydrogen) atoms. The molecule has 0 aliphatic heterocycles. The maximum absolute atomic E-state index is 14.1. The standard InChI is InChI=1S/C25H22F2N4O3S/c1-16(18-6-8-19(26)9-7-18)34-23-13-20(27)10-11-22(23)24-28-15-29-25(31-24)30-21-5-3-4-17(12-21)14-35(2,32)33/h3-13,15-16H,14H2,1-2H3,(H,28,29,30,31)/t16-/m1/s1. The van der Waals surface area contributed by atoms with E-state index in [0.717, 1.165) is 0 Å². The largest absolute Gasteiger partial charge is 0.485 e. The van der Waals surface area contributed by atoms with Crippen molar-refractivity contribution >= 4 is 21.5 Å². The number of halogens is 2. The molecule has 0 unspecified atom stereocenters. The maximum Gasteiger partial charge on any atom is 0.230 e. The molecule has 0 aliphatic carbocycles. The van der Waals surface area contributed by atoms with Gasteiger partial charge in [0.25, 0.3) is 0 Å². The summed E-state index contributed by atoms with van der Waals surface area (Å²) in [7, 11) is -3.18. The molecule has 3 aromatic carbocycles. The molecule has 0 fully saturated rings. The summed E-state index contributed by atoms with van der Waals surface area (Å²) in [6, 6.07) is 16.8. The van der Waals surface area contributed by atoms with Crippen molar-refractivity contribution in [2.75, 3.05) is 11.6 Å². The van der Waals surface area contributed by atoms with Crippen molar-refractivity contribution in [2.24, 2.45) is 0 Å². The Kier molecular flexibility index (Phi) is 7.02. The predicted octanol–water partition coefficient (Wildman–Crippen LogP) is 5.25. The summed E-state index contributed by atoms with van der Waals surface area (Å²) in [6.45, 7) is 1.77. The van der Waals surface area contributed by atoms with E-state index in [1.165, 1.54) is 42.9 Å². The summed E-state index contributed by atoms with van der Waals surface area (Å²) in [5, 5.41) is 3.04. The lowest BCUT2D eigenvalue weighted by Crippen LogP contribution is -2.06. The molecule has 4 aromatic rings. The van der Waals surface area contributed by atoms with Gasteiger partial charge in [-0.1, -0.05) is 24.3 Å². The number of aromatic nitrogens is 3. The van der Waals surface area contributed by atoms with Gasteiger partial charge in [0.2, 0.25) is 5.95 Å². The quantitative estimate of drug-likeness (QED) is 0.356. The number of anilines is 2. The van der Waals surface area contributed by atoms with Crippen molar-refractivity contribution in [1.29, 1.82) is 0 Å². The Hall–Kier alpha value is -3.92. The van der Waals surface area contributed by atoms with Crippen LogP contribution in [-0.4, -0.2) is 29.6 Å². The Morgan fingerprint density at radius 1 is 0.971 bits per heavy atom. The van der Waals surface area contributed by atoms with Gasteiger partial charge in [0.1, 0.15) is 29.8 Å². The Balaban J connectivity index is 1.60. The van der Waals surface area contributed by atoms with Crippen LogP contribution in [0.4, 0.5) is 20.4 Å². The molecule has 0 saturated heterocycles. The third-order valence-corrected chi connectivity index (χ3v) is 5.87. The number of rotatable bonds is 8. The van der Waals surface area contributed by atoms with Crippen LogP contribution in [0.1, 0.15) is 24.2 Å². The molecular weight excluding hydrogens is 474 g/mol. The minimum atomic E-state index is -3.18. The molecule has 1 N–H and O–H groups in total. The van der Waals surface area contributed by atoms with Crippen molar-refractivity contribution < 1.29 is 21.9 Å². The van der Waals surface area contributed by atoms with Crippen molar-refractivity contribution in [3.05, 3.63) is 95.8 Å². The number of hydrogen-bond acceptors (Lipinski definition) is 7. The molecule has 7 nitrogen and oxygen atoms in total. The van der Waals surface area contributed by atoms with Gasteiger partial charge in [-0.25, -0.2) is 27.2 Å². The Labute approximate surface area is 201 Å². The fourth-order valence-corrected chi connectivity index (χ4v) is 4.21. The van der Waals surface area contributed by atoms with Crippen LogP contribution in [0.3, 0.4) is 0 Å². The van der Waals surface area contributed by atoms with E-state index in [0.29, 0.717) is 22.4 Å². The van der Waals surface area contributed by atoms with Gasteiger partial charge in [-0.2, -0.15) is 4.98 Å². The molecule has 1 aromatic heterocycles. The second kappa shape index (κ2) is 10.1. The third-order valence-electron chi connectivity index (χ3n) is 5.01. The highest BCUT2D eigenvalue weighted by atomic mass is 32.2. The summed E-state index contributed by atoms with van der Waals surface area (Å²) >= 11 is 0. The van der Waals surface area contributed by atoms with Crippen LogP contribution in [0.25, 0.3) is 11.4 Å². The van der Waals surface area contributed by atoms with E-state index in [1.54, 1.807) is 43.3 Å². The molecule has 0 bridgehead atoms. The van der Waals surface area contributed by atoms with Crippen LogP contribution in [0.2, 0.25) is 0 Å². The lowest BCUT2D eigenvalue weighted by atomic mass is 10.1. The second-order valence-electron chi connectivity index (χ2n) is 7.98. The number of nitrogens with one attached hydrogen (secondary N) is 1.